The number of urea groups is 1. The fourth-order valence-corrected chi connectivity index (χ4v) is 3.69. The number of carbonyl (C=O) groups excluding carboxylic acids is 2. The van der Waals surface area contributed by atoms with Gasteiger partial charge in [-0.3, -0.25) is 9.69 Å². The summed E-state index contributed by atoms with van der Waals surface area (Å²) >= 11 is 0. The molecule has 2 saturated heterocycles. The molecule has 3 rings (SSSR count). The Hall–Kier alpha value is -2.08. The Morgan fingerprint density at radius 1 is 1.23 bits per heavy atom. The monoisotopic (exact) mass is 358 g/mol. The van der Waals surface area contributed by atoms with E-state index in [1.54, 1.807) is 4.90 Å². The molecule has 2 aliphatic heterocycles. The number of piperazine rings is 1. The molecule has 0 aromatic heterocycles. The lowest BCUT2D eigenvalue weighted by Crippen LogP contribution is -2.54. The lowest BCUT2D eigenvalue weighted by Gasteiger charge is -2.37. The number of nitrogens with zero attached hydrogens (tertiary/aromatic N) is 2. The van der Waals surface area contributed by atoms with E-state index in [4.69, 9.17) is 0 Å². The average molecular weight is 358 g/mol. The van der Waals surface area contributed by atoms with E-state index in [1.807, 2.05) is 0 Å². The van der Waals surface area contributed by atoms with Crippen molar-refractivity contribution in [1.29, 1.82) is 0 Å². The van der Waals surface area contributed by atoms with Crippen molar-refractivity contribution in [3.63, 3.8) is 0 Å². The number of piperidine rings is 1. The first-order valence-electron chi connectivity index (χ1n) is 9.63. The Labute approximate surface area is 155 Å². The Morgan fingerprint density at radius 3 is 2.58 bits per heavy atom. The molecule has 2 aliphatic rings. The van der Waals surface area contributed by atoms with Crippen molar-refractivity contribution in [3.05, 3.63) is 35.4 Å². The van der Waals surface area contributed by atoms with Gasteiger partial charge in [-0.15, -0.1) is 0 Å². The summed E-state index contributed by atoms with van der Waals surface area (Å²) in [5, 5.41) is 5.81. The topological polar surface area (TPSA) is 64.7 Å². The summed E-state index contributed by atoms with van der Waals surface area (Å²) in [6.07, 6.45) is 2.39. The molecule has 6 heteroatoms. The van der Waals surface area contributed by atoms with E-state index < -0.39 is 0 Å². The van der Waals surface area contributed by atoms with E-state index >= 15 is 0 Å². The summed E-state index contributed by atoms with van der Waals surface area (Å²) in [5.41, 5.74) is 2.48. The van der Waals surface area contributed by atoms with Gasteiger partial charge in [0.05, 0.1) is 6.04 Å². The number of carbonyl (C=O) groups is 2. The van der Waals surface area contributed by atoms with Crippen LogP contribution in [0.3, 0.4) is 0 Å². The number of benzene rings is 1. The highest BCUT2D eigenvalue weighted by Crippen LogP contribution is 2.26. The minimum atomic E-state index is -0.151. The Bertz CT molecular complexity index is 623. The molecule has 2 N–H and O–H groups in total. The minimum Gasteiger partial charge on any atom is -0.353 e. The summed E-state index contributed by atoms with van der Waals surface area (Å²) in [6, 6.07) is 8.61. The quantitative estimate of drug-likeness (QED) is 0.864. The van der Waals surface area contributed by atoms with Gasteiger partial charge in [-0.25, -0.2) is 4.79 Å². The van der Waals surface area contributed by atoms with E-state index in [0.29, 0.717) is 19.6 Å². The van der Waals surface area contributed by atoms with E-state index in [9.17, 15) is 9.59 Å². The van der Waals surface area contributed by atoms with Crippen molar-refractivity contribution in [1.82, 2.24) is 20.4 Å². The molecule has 1 unspecified atom stereocenters. The third-order valence-electron chi connectivity index (χ3n) is 5.49. The normalized spacial score (nSPS) is 20.5. The molecule has 1 aromatic carbocycles. The summed E-state index contributed by atoms with van der Waals surface area (Å²) in [7, 11) is 0. The second-order valence-corrected chi connectivity index (χ2v) is 7.60. The van der Waals surface area contributed by atoms with Gasteiger partial charge in [-0.1, -0.05) is 36.8 Å². The number of aryl methyl sites for hydroxylation is 1. The fraction of sp³-hybridized carbons (Fsp3) is 0.600. The highest BCUT2D eigenvalue weighted by atomic mass is 16.2. The van der Waals surface area contributed by atoms with E-state index in [2.05, 4.69) is 53.6 Å². The van der Waals surface area contributed by atoms with E-state index in [1.165, 1.54) is 24.0 Å². The van der Waals surface area contributed by atoms with Gasteiger partial charge in [0.1, 0.15) is 6.54 Å². The molecule has 2 fully saturated rings. The third kappa shape index (κ3) is 4.75. The van der Waals surface area contributed by atoms with Crippen molar-refractivity contribution in [3.8, 4) is 0 Å². The number of likely N-dealkylation sites (tertiary alicyclic amines) is 1. The SMILES string of the molecule is Cc1ccc(C(CNC(=O)N2CCNC(=O)C2)N2CCC(C)CC2)cc1. The van der Waals surface area contributed by atoms with Crippen molar-refractivity contribution < 1.29 is 9.59 Å². The van der Waals surface area contributed by atoms with Gasteiger partial charge in [-0.2, -0.15) is 0 Å². The molecule has 2 heterocycles. The lowest BCUT2D eigenvalue weighted by molar-refractivity contribution is -0.123. The van der Waals surface area contributed by atoms with Crippen molar-refractivity contribution in [2.45, 2.75) is 32.7 Å². The molecular formula is C20H30N4O2. The molecule has 142 valence electrons. The van der Waals surface area contributed by atoms with Crippen LogP contribution in [0.1, 0.15) is 36.9 Å². The number of hydrogen-bond acceptors (Lipinski definition) is 3. The van der Waals surface area contributed by atoms with Crippen molar-refractivity contribution in [2.75, 3.05) is 39.3 Å². The zero-order valence-electron chi connectivity index (χ0n) is 15.8. The molecule has 26 heavy (non-hydrogen) atoms. The summed E-state index contributed by atoms with van der Waals surface area (Å²) < 4.78 is 0. The molecule has 0 spiro atoms. The molecule has 1 atom stereocenters. The lowest BCUT2D eigenvalue weighted by atomic mass is 9.95. The molecule has 0 radical (unpaired) electrons. The minimum absolute atomic E-state index is 0.0912. The largest absolute Gasteiger partial charge is 0.353 e. The Morgan fingerprint density at radius 2 is 1.92 bits per heavy atom. The van der Waals surface area contributed by atoms with Crippen LogP contribution >= 0.6 is 0 Å². The molecule has 3 amide bonds. The van der Waals surface area contributed by atoms with Gasteiger partial charge in [0.15, 0.2) is 0 Å². The zero-order chi connectivity index (χ0) is 18.5. The Kier molecular flexibility index (Phi) is 6.14. The van der Waals surface area contributed by atoms with Gasteiger partial charge in [-0.05, 0) is 44.3 Å². The van der Waals surface area contributed by atoms with Crippen molar-refractivity contribution in [2.24, 2.45) is 5.92 Å². The number of nitrogens with one attached hydrogen (secondary N) is 2. The maximum atomic E-state index is 12.5. The van der Waals surface area contributed by atoms with Crippen LogP contribution in [0.25, 0.3) is 0 Å². The van der Waals surface area contributed by atoms with Crippen LogP contribution in [0.15, 0.2) is 24.3 Å². The maximum absolute atomic E-state index is 12.5. The highest BCUT2D eigenvalue weighted by Gasteiger charge is 2.27. The second-order valence-electron chi connectivity index (χ2n) is 7.60. The van der Waals surface area contributed by atoms with Crippen LogP contribution in [0, 0.1) is 12.8 Å². The van der Waals surface area contributed by atoms with E-state index in [-0.39, 0.29) is 24.5 Å². The predicted octanol–water partition coefficient (Wildman–Crippen LogP) is 1.91. The summed E-state index contributed by atoms with van der Waals surface area (Å²) in [4.78, 5) is 28.1. The molecule has 0 aliphatic carbocycles. The predicted molar refractivity (Wildman–Crippen MR) is 102 cm³/mol. The molecule has 0 bridgehead atoms. The molecule has 0 saturated carbocycles. The summed E-state index contributed by atoms with van der Waals surface area (Å²) in [5.74, 6) is 0.679. The first-order chi connectivity index (χ1) is 12.5. The number of rotatable bonds is 4. The zero-order valence-corrected chi connectivity index (χ0v) is 15.8. The Balaban J connectivity index is 1.66. The first-order valence-corrected chi connectivity index (χ1v) is 9.63. The number of hydrogen-bond donors (Lipinski definition) is 2. The van der Waals surface area contributed by atoms with Crippen LogP contribution in [0.2, 0.25) is 0 Å². The second kappa shape index (κ2) is 8.54. The van der Waals surface area contributed by atoms with Crippen LogP contribution in [0.4, 0.5) is 4.79 Å². The maximum Gasteiger partial charge on any atom is 0.317 e. The van der Waals surface area contributed by atoms with Crippen LogP contribution in [-0.2, 0) is 4.79 Å². The van der Waals surface area contributed by atoms with Gasteiger partial charge >= 0.3 is 6.03 Å². The van der Waals surface area contributed by atoms with Crippen LogP contribution in [0.5, 0.6) is 0 Å². The average Bonchev–Trinajstić information content (AvgIpc) is 2.64. The van der Waals surface area contributed by atoms with Crippen LogP contribution < -0.4 is 10.6 Å². The van der Waals surface area contributed by atoms with Crippen molar-refractivity contribution >= 4 is 11.9 Å². The number of amides is 3. The summed E-state index contributed by atoms with van der Waals surface area (Å²) in [6.45, 7) is 8.30. The fourth-order valence-electron chi connectivity index (χ4n) is 3.69. The molecular weight excluding hydrogens is 328 g/mol. The highest BCUT2D eigenvalue weighted by molar-refractivity contribution is 5.85. The van der Waals surface area contributed by atoms with Gasteiger partial charge in [0.2, 0.25) is 5.91 Å². The first kappa shape index (κ1) is 18.7. The standard InChI is InChI=1S/C20H30N4O2/c1-15-3-5-17(6-4-15)18(23-10-7-16(2)8-11-23)13-22-20(26)24-12-9-21-19(25)14-24/h3-6,16,18H,7-14H2,1-2H3,(H,21,25)(H,22,26). The smallest absolute Gasteiger partial charge is 0.317 e. The van der Waals surface area contributed by atoms with Gasteiger partial charge < -0.3 is 15.5 Å². The van der Waals surface area contributed by atoms with Gasteiger partial charge in [0.25, 0.3) is 0 Å². The van der Waals surface area contributed by atoms with Gasteiger partial charge in [0, 0.05) is 19.6 Å². The molecule has 1 aromatic rings. The van der Waals surface area contributed by atoms with Crippen LogP contribution in [-0.4, -0.2) is 61.0 Å². The third-order valence-corrected chi connectivity index (χ3v) is 5.49. The van der Waals surface area contributed by atoms with E-state index in [0.717, 1.165) is 19.0 Å². The molecule has 6 nitrogen and oxygen atoms in total.